The first-order valence-corrected chi connectivity index (χ1v) is 26.2. The number of benzene rings is 4. The zero-order chi connectivity index (χ0) is 52.7. The van der Waals surface area contributed by atoms with E-state index in [1.165, 1.54) is 0 Å². The van der Waals surface area contributed by atoms with Crippen LogP contribution in [0.2, 0.25) is 0 Å². The normalized spacial score (nSPS) is 17.2. The van der Waals surface area contributed by atoms with Crippen molar-refractivity contribution in [3.8, 4) is 33.6 Å². The lowest BCUT2D eigenvalue weighted by molar-refractivity contribution is -0.147. The molecule has 2 aliphatic carbocycles. The van der Waals surface area contributed by atoms with E-state index in [1.807, 2.05) is 84.9 Å². The number of halogens is 4. The third-order valence-corrected chi connectivity index (χ3v) is 14.6. The Bertz CT molecular complexity index is 2540. The minimum absolute atomic E-state index is 0.135. The molecule has 0 bridgehead atoms. The fourth-order valence-electron chi connectivity index (χ4n) is 10.6. The predicted molar refractivity (Wildman–Crippen MR) is 281 cm³/mol. The van der Waals surface area contributed by atoms with Gasteiger partial charge in [-0.25, -0.2) is 27.5 Å². The Labute approximate surface area is 433 Å². The van der Waals surface area contributed by atoms with E-state index < -0.39 is 46.6 Å². The largest absolute Gasteiger partial charge is 0.375 e. The highest BCUT2D eigenvalue weighted by Crippen LogP contribution is 2.44. The summed E-state index contributed by atoms with van der Waals surface area (Å²) in [7, 11) is 0. The second kappa shape index (κ2) is 23.2. The molecule has 0 saturated heterocycles. The second-order valence-corrected chi connectivity index (χ2v) is 22.5. The molecule has 2 amide bonds. The summed E-state index contributed by atoms with van der Waals surface area (Å²) in [6.07, 6.45) is 2.90. The van der Waals surface area contributed by atoms with Gasteiger partial charge in [0, 0.05) is 50.6 Å². The van der Waals surface area contributed by atoms with Crippen LogP contribution < -0.4 is 0 Å². The third kappa shape index (κ3) is 13.8. The van der Waals surface area contributed by atoms with Crippen LogP contribution >= 0.6 is 0 Å². The van der Waals surface area contributed by atoms with Gasteiger partial charge in [-0.2, -0.15) is 0 Å². The molecular formula is C60H72F4N6O4. The van der Waals surface area contributed by atoms with Gasteiger partial charge in [0.25, 0.3) is 0 Å². The van der Waals surface area contributed by atoms with Gasteiger partial charge >= 0.3 is 0 Å². The molecule has 2 N–H and O–H groups in total. The van der Waals surface area contributed by atoms with E-state index >= 15 is 0 Å². The fourth-order valence-corrected chi connectivity index (χ4v) is 10.6. The molecular weight excluding hydrogens is 945 g/mol. The highest BCUT2D eigenvalue weighted by Gasteiger charge is 2.45. The van der Waals surface area contributed by atoms with Crippen LogP contribution in [0, 0.1) is 22.7 Å². The second-order valence-electron chi connectivity index (χ2n) is 22.5. The molecule has 2 aromatic heterocycles. The minimum Gasteiger partial charge on any atom is -0.375 e. The number of ether oxygens (including phenoxy) is 2. The topological polar surface area (TPSA) is 116 Å². The number of alkyl halides is 4. The number of amides is 2. The quantitative estimate of drug-likeness (QED) is 0.0617. The summed E-state index contributed by atoms with van der Waals surface area (Å²) in [5.74, 6) is -5.59. The van der Waals surface area contributed by atoms with Crippen molar-refractivity contribution in [3.63, 3.8) is 0 Å². The first-order valence-electron chi connectivity index (χ1n) is 26.2. The summed E-state index contributed by atoms with van der Waals surface area (Å²) >= 11 is 0. The third-order valence-electron chi connectivity index (χ3n) is 14.6. The van der Waals surface area contributed by atoms with Gasteiger partial charge in [-0.15, -0.1) is 0 Å². The molecule has 74 heavy (non-hydrogen) atoms. The Balaban J connectivity index is 0.969. The van der Waals surface area contributed by atoms with Crippen LogP contribution in [0.1, 0.15) is 128 Å². The number of aromatic amines is 2. The molecule has 10 nitrogen and oxygen atoms in total. The van der Waals surface area contributed by atoms with E-state index in [9.17, 15) is 27.2 Å². The summed E-state index contributed by atoms with van der Waals surface area (Å²) in [5.41, 5.74) is 6.48. The monoisotopic (exact) mass is 1020 g/mol. The molecule has 0 aliphatic heterocycles. The lowest BCUT2D eigenvalue weighted by Crippen LogP contribution is -2.47. The van der Waals surface area contributed by atoms with E-state index in [0.29, 0.717) is 24.9 Å². The van der Waals surface area contributed by atoms with Crippen LogP contribution in [-0.4, -0.2) is 79.7 Å². The van der Waals surface area contributed by atoms with Crippen molar-refractivity contribution in [2.75, 3.05) is 26.3 Å². The average molecular weight is 1020 g/mol. The SMILES string of the molecule is CC(C)(C)C(c1ncc(-c2ccc(-c3ccc(-c4cnc([C@@H](N(CCOCc5ccccc5)C(=O)C5CCC(F)(F)CC5)C(C)(C)C)[nH]4)cc3)cc2)[nH]1)N(CCOCc1ccccc1)C(=O)C1CCC(F)(F)CC1. The lowest BCUT2D eigenvalue weighted by Gasteiger charge is -2.41. The first-order chi connectivity index (χ1) is 35.2. The van der Waals surface area contributed by atoms with Crippen LogP contribution in [0.4, 0.5) is 17.6 Å². The van der Waals surface area contributed by atoms with Crippen molar-refractivity contribution in [2.45, 2.75) is 130 Å². The van der Waals surface area contributed by atoms with E-state index in [-0.39, 0.29) is 89.5 Å². The van der Waals surface area contributed by atoms with Crippen molar-refractivity contribution >= 4 is 11.8 Å². The number of rotatable bonds is 19. The van der Waals surface area contributed by atoms with Gasteiger partial charge in [0.1, 0.15) is 11.6 Å². The van der Waals surface area contributed by atoms with E-state index in [2.05, 4.69) is 75.8 Å². The Morgan fingerprint density at radius 3 is 1.19 bits per heavy atom. The standard InChI is InChI=1S/C60H72F4N6O4/c1-57(2,3)51(69(33-35-73-39-41-13-9-7-10-14-41)55(71)47-25-29-59(61,62)30-26-47)53-65-37-49(67-53)45-21-17-43(18-22-45)44-19-23-46(24-20-44)50-38-66-54(68-50)52(58(4,5)6)70(34-36-74-40-42-15-11-8-12-16-42)56(72)48-27-31-60(63,64)32-28-48/h7-24,37-38,47-48,51-52H,25-36,39-40H2,1-6H3,(H,65,67)(H,66,68)/t51-,52?/m1/s1. The van der Waals surface area contributed by atoms with Gasteiger partial charge in [-0.1, -0.05) is 151 Å². The summed E-state index contributed by atoms with van der Waals surface area (Å²) < 4.78 is 69.2. The number of hydrogen-bond acceptors (Lipinski definition) is 6. The van der Waals surface area contributed by atoms with Crippen molar-refractivity contribution in [3.05, 3.63) is 144 Å². The van der Waals surface area contributed by atoms with Crippen molar-refractivity contribution in [1.29, 1.82) is 0 Å². The summed E-state index contributed by atoms with van der Waals surface area (Å²) in [6.45, 7) is 14.2. The maximum atomic E-state index is 14.4. The molecule has 2 saturated carbocycles. The average Bonchev–Trinajstić information content (AvgIpc) is 4.06. The molecule has 2 aliphatic rings. The maximum absolute atomic E-state index is 14.4. The zero-order valence-corrected chi connectivity index (χ0v) is 43.7. The van der Waals surface area contributed by atoms with Gasteiger partial charge in [0.2, 0.25) is 23.7 Å². The van der Waals surface area contributed by atoms with Crippen LogP contribution in [0.5, 0.6) is 0 Å². The highest BCUT2D eigenvalue weighted by atomic mass is 19.3. The number of aromatic nitrogens is 4. The van der Waals surface area contributed by atoms with E-state index in [1.54, 1.807) is 22.2 Å². The zero-order valence-electron chi connectivity index (χ0n) is 43.7. The number of carbonyl (C=O) groups is 2. The molecule has 1 unspecified atom stereocenters. The van der Waals surface area contributed by atoms with Crippen LogP contribution in [0.25, 0.3) is 33.6 Å². The van der Waals surface area contributed by atoms with Crippen LogP contribution in [0.15, 0.2) is 122 Å². The molecule has 6 aromatic rings. The Morgan fingerprint density at radius 1 is 0.541 bits per heavy atom. The fraction of sp³-hybridized carbons (Fsp3) is 0.467. The Morgan fingerprint density at radius 2 is 0.865 bits per heavy atom. The summed E-state index contributed by atoms with van der Waals surface area (Å²) in [6, 6.07) is 35.0. The van der Waals surface area contributed by atoms with Crippen molar-refractivity contribution in [2.24, 2.45) is 22.7 Å². The minimum atomic E-state index is -2.75. The molecule has 2 heterocycles. The Hall–Kier alpha value is -6.12. The van der Waals surface area contributed by atoms with Crippen molar-refractivity contribution < 1.29 is 36.6 Å². The summed E-state index contributed by atoms with van der Waals surface area (Å²) in [4.78, 5) is 49.1. The molecule has 14 heteroatoms. The number of imidazole rings is 2. The van der Waals surface area contributed by atoms with Gasteiger partial charge in [0.15, 0.2) is 0 Å². The number of carbonyl (C=O) groups excluding carboxylic acids is 2. The van der Waals surface area contributed by atoms with Gasteiger partial charge in [-0.05, 0) is 69.9 Å². The van der Waals surface area contributed by atoms with Gasteiger partial charge in [0.05, 0.1) is 62.3 Å². The number of nitrogens with one attached hydrogen (secondary N) is 2. The van der Waals surface area contributed by atoms with Crippen LogP contribution in [-0.2, 0) is 32.3 Å². The molecule has 2 fully saturated rings. The first kappa shape index (κ1) is 54.2. The maximum Gasteiger partial charge on any atom is 0.248 e. The smallest absolute Gasteiger partial charge is 0.248 e. The summed E-state index contributed by atoms with van der Waals surface area (Å²) in [5, 5.41) is 0. The molecule has 4 aromatic carbocycles. The number of nitrogens with zero attached hydrogens (tertiary/aromatic N) is 4. The lowest BCUT2D eigenvalue weighted by atomic mass is 9.82. The Kier molecular flexibility index (Phi) is 17.0. The highest BCUT2D eigenvalue weighted by molar-refractivity contribution is 5.80. The number of hydrogen-bond donors (Lipinski definition) is 2. The molecule has 0 spiro atoms. The van der Waals surface area contributed by atoms with Gasteiger partial charge in [-0.3, -0.25) is 9.59 Å². The van der Waals surface area contributed by atoms with E-state index in [0.717, 1.165) is 44.8 Å². The molecule has 394 valence electrons. The van der Waals surface area contributed by atoms with E-state index in [4.69, 9.17) is 19.4 Å². The predicted octanol–water partition coefficient (Wildman–Crippen LogP) is 14.0. The molecule has 8 rings (SSSR count). The number of H-pyrrole nitrogens is 2. The molecule has 2 atom stereocenters. The van der Waals surface area contributed by atoms with Crippen LogP contribution in [0.3, 0.4) is 0 Å². The molecule has 0 radical (unpaired) electrons. The van der Waals surface area contributed by atoms with Crippen molar-refractivity contribution in [1.82, 2.24) is 29.7 Å². The van der Waals surface area contributed by atoms with Gasteiger partial charge < -0.3 is 29.2 Å².